The predicted molar refractivity (Wildman–Crippen MR) is 115 cm³/mol. The fourth-order valence-electron chi connectivity index (χ4n) is 2.89. The van der Waals surface area contributed by atoms with Gasteiger partial charge in [-0.3, -0.25) is 0 Å². The standard InChI is InChI=1S/C23H23Cl2NO2/c1-16(18-7-4-3-5-8-18)26-14-17-11-12-22(23(13-17)27-2)28-15-19-20(24)9-6-10-21(19)25/h3-13,16,26H,14-15H2,1-2H3. The number of ether oxygens (including phenoxy) is 2. The van der Waals surface area contributed by atoms with Crippen LogP contribution in [0.3, 0.4) is 0 Å². The van der Waals surface area contributed by atoms with Crippen LogP contribution in [0.15, 0.2) is 66.7 Å². The summed E-state index contributed by atoms with van der Waals surface area (Å²) in [7, 11) is 1.63. The molecule has 0 aliphatic rings. The van der Waals surface area contributed by atoms with E-state index in [0.29, 0.717) is 21.5 Å². The summed E-state index contributed by atoms with van der Waals surface area (Å²) >= 11 is 12.4. The van der Waals surface area contributed by atoms with Crippen LogP contribution in [-0.2, 0) is 13.2 Å². The number of hydrogen-bond donors (Lipinski definition) is 1. The van der Waals surface area contributed by atoms with Gasteiger partial charge in [0.25, 0.3) is 0 Å². The quantitative estimate of drug-likeness (QED) is 0.459. The molecule has 0 aromatic heterocycles. The van der Waals surface area contributed by atoms with E-state index in [1.807, 2.05) is 42.5 Å². The highest BCUT2D eigenvalue weighted by Gasteiger charge is 2.11. The van der Waals surface area contributed by atoms with Crippen molar-refractivity contribution >= 4 is 23.2 Å². The topological polar surface area (TPSA) is 30.5 Å². The molecule has 28 heavy (non-hydrogen) atoms. The third-order valence-corrected chi connectivity index (χ3v) is 5.28. The average molecular weight is 416 g/mol. The fraction of sp³-hybridized carbons (Fsp3) is 0.217. The van der Waals surface area contributed by atoms with E-state index in [1.54, 1.807) is 19.2 Å². The molecule has 0 heterocycles. The van der Waals surface area contributed by atoms with E-state index in [-0.39, 0.29) is 12.6 Å². The molecule has 0 spiro atoms. The normalized spacial score (nSPS) is 11.9. The lowest BCUT2D eigenvalue weighted by Gasteiger charge is -2.16. The second kappa shape index (κ2) is 9.83. The van der Waals surface area contributed by atoms with E-state index in [2.05, 4.69) is 24.4 Å². The Kier molecular flexibility index (Phi) is 7.21. The van der Waals surface area contributed by atoms with Crippen LogP contribution in [0.1, 0.15) is 29.7 Å². The van der Waals surface area contributed by atoms with Crippen molar-refractivity contribution in [1.29, 1.82) is 0 Å². The third kappa shape index (κ3) is 5.20. The summed E-state index contributed by atoms with van der Waals surface area (Å²) in [5.41, 5.74) is 3.13. The minimum atomic E-state index is 0.255. The molecular formula is C23H23Cl2NO2. The molecule has 0 saturated heterocycles. The molecule has 0 aliphatic heterocycles. The highest BCUT2D eigenvalue weighted by Crippen LogP contribution is 2.31. The van der Waals surface area contributed by atoms with Crippen LogP contribution in [0.4, 0.5) is 0 Å². The smallest absolute Gasteiger partial charge is 0.161 e. The minimum Gasteiger partial charge on any atom is -0.493 e. The first kappa shape index (κ1) is 20.5. The zero-order valence-electron chi connectivity index (χ0n) is 15.9. The van der Waals surface area contributed by atoms with Gasteiger partial charge in [0.2, 0.25) is 0 Å². The largest absolute Gasteiger partial charge is 0.493 e. The first-order valence-electron chi connectivity index (χ1n) is 9.09. The zero-order chi connectivity index (χ0) is 19.9. The lowest BCUT2D eigenvalue weighted by molar-refractivity contribution is 0.284. The molecule has 1 unspecified atom stereocenters. The molecule has 1 N–H and O–H groups in total. The van der Waals surface area contributed by atoms with Crippen molar-refractivity contribution in [3.8, 4) is 11.5 Å². The molecule has 3 nitrogen and oxygen atoms in total. The number of methoxy groups -OCH3 is 1. The average Bonchev–Trinajstić information content (AvgIpc) is 2.72. The molecule has 0 bridgehead atoms. The summed E-state index contributed by atoms with van der Waals surface area (Å²) in [5, 5.41) is 4.70. The molecule has 0 amide bonds. The molecule has 146 valence electrons. The van der Waals surface area contributed by atoms with Gasteiger partial charge >= 0.3 is 0 Å². The number of hydrogen-bond acceptors (Lipinski definition) is 3. The fourth-order valence-corrected chi connectivity index (χ4v) is 3.40. The molecule has 0 radical (unpaired) electrons. The van der Waals surface area contributed by atoms with E-state index >= 15 is 0 Å². The summed E-state index contributed by atoms with van der Waals surface area (Å²) in [6.45, 7) is 3.15. The Hall–Kier alpha value is -2.20. The summed E-state index contributed by atoms with van der Waals surface area (Å²) in [6.07, 6.45) is 0. The van der Waals surface area contributed by atoms with Gasteiger partial charge in [0.15, 0.2) is 11.5 Å². The Morgan fingerprint density at radius 2 is 1.61 bits per heavy atom. The SMILES string of the molecule is COc1cc(CNC(C)c2ccccc2)ccc1OCc1c(Cl)cccc1Cl. The van der Waals surface area contributed by atoms with Crippen molar-refractivity contribution in [2.45, 2.75) is 26.1 Å². The van der Waals surface area contributed by atoms with Gasteiger partial charge in [0.05, 0.1) is 7.11 Å². The van der Waals surface area contributed by atoms with Crippen LogP contribution in [0.5, 0.6) is 11.5 Å². The summed E-state index contributed by atoms with van der Waals surface area (Å²) in [6, 6.07) is 21.9. The van der Waals surface area contributed by atoms with Gasteiger partial charge in [-0.2, -0.15) is 0 Å². The van der Waals surface area contributed by atoms with E-state index < -0.39 is 0 Å². The molecule has 0 saturated carbocycles. The maximum Gasteiger partial charge on any atom is 0.161 e. The van der Waals surface area contributed by atoms with Gasteiger partial charge in [-0.25, -0.2) is 0 Å². The Labute approximate surface area is 176 Å². The van der Waals surface area contributed by atoms with Gasteiger partial charge in [-0.15, -0.1) is 0 Å². The molecule has 1 atom stereocenters. The van der Waals surface area contributed by atoms with Gasteiger partial charge in [0, 0.05) is 28.2 Å². The lowest BCUT2D eigenvalue weighted by atomic mass is 10.1. The first-order valence-corrected chi connectivity index (χ1v) is 9.85. The number of nitrogens with one attached hydrogen (secondary N) is 1. The van der Waals surface area contributed by atoms with Crippen molar-refractivity contribution in [3.05, 3.63) is 93.5 Å². The Morgan fingerprint density at radius 1 is 0.893 bits per heavy atom. The third-order valence-electron chi connectivity index (χ3n) is 4.57. The predicted octanol–water partition coefficient (Wildman–Crippen LogP) is 6.43. The van der Waals surface area contributed by atoms with Crippen LogP contribution < -0.4 is 14.8 Å². The molecular weight excluding hydrogens is 393 g/mol. The Balaban J connectivity index is 1.65. The molecule has 3 aromatic rings. The lowest BCUT2D eigenvalue weighted by Crippen LogP contribution is -2.18. The van der Waals surface area contributed by atoms with E-state index in [1.165, 1.54) is 5.56 Å². The van der Waals surface area contributed by atoms with E-state index in [4.69, 9.17) is 32.7 Å². The summed E-state index contributed by atoms with van der Waals surface area (Å²) in [4.78, 5) is 0. The number of rotatable bonds is 8. The van der Waals surface area contributed by atoms with Crippen molar-refractivity contribution in [2.24, 2.45) is 0 Å². The van der Waals surface area contributed by atoms with Crippen LogP contribution in [-0.4, -0.2) is 7.11 Å². The summed E-state index contributed by atoms with van der Waals surface area (Å²) in [5.74, 6) is 1.33. The first-order chi connectivity index (χ1) is 13.6. The van der Waals surface area contributed by atoms with Crippen LogP contribution in [0, 0.1) is 0 Å². The van der Waals surface area contributed by atoms with Crippen LogP contribution in [0.2, 0.25) is 10.0 Å². The molecule has 5 heteroatoms. The maximum atomic E-state index is 6.21. The zero-order valence-corrected chi connectivity index (χ0v) is 17.4. The second-order valence-corrected chi connectivity index (χ2v) is 7.30. The number of benzene rings is 3. The van der Waals surface area contributed by atoms with E-state index in [0.717, 1.165) is 17.7 Å². The van der Waals surface area contributed by atoms with Crippen LogP contribution in [0.25, 0.3) is 0 Å². The molecule has 3 rings (SSSR count). The molecule has 3 aromatic carbocycles. The van der Waals surface area contributed by atoms with Gasteiger partial charge in [0.1, 0.15) is 6.61 Å². The van der Waals surface area contributed by atoms with Gasteiger partial charge < -0.3 is 14.8 Å². The van der Waals surface area contributed by atoms with Crippen molar-refractivity contribution in [3.63, 3.8) is 0 Å². The highest BCUT2D eigenvalue weighted by atomic mass is 35.5. The minimum absolute atomic E-state index is 0.255. The van der Waals surface area contributed by atoms with Gasteiger partial charge in [-0.1, -0.05) is 65.7 Å². The van der Waals surface area contributed by atoms with Crippen molar-refractivity contribution in [2.75, 3.05) is 7.11 Å². The van der Waals surface area contributed by atoms with E-state index in [9.17, 15) is 0 Å². The maximum absolute atomic E-state index is 6.21. The van der Waals surface area contributed by atoms with Gasteiger partial charge in [-0.05, 0) is 42.3 Å². The molecule has 0 fully saturated rings. The second-order valence-electron chi connectivity index (χ2n) is 6.49. The van der Waals surface area contributed by atoms with Crippen LogP contribution >= 0.6 is 23.2 Å². The van der Waals surface area contributed by atoms with Crippen molar-refractivity contribution in [1.82, 2.24) is 5.32 Å². The summed E-state index contributed by atoms with van der Waals surface area (Å²) < 4.78 is 11.4. The Morgan fingerprint density at radius 3 is 2.29 bits per heavy atom. The number of halogens is 2. The molecule has 0 aliphatic carbocycles. The van der Waals surface area contributed by atoms with Crippen molar-refractivity contribution < 1.29 is 9.47 Å². The Bertz CT molecular complexity index is 895. The highest BCUT2D eigenvalue weighted by molar-refractivity contribution is 6.35. The monoisotopic (exact) mass is 415 g/mol.